The van der Waals surface area contributed by atoms with Crippen molar-refractivity contribution in [2.75, 3.05) is 57.3 Å². The number of carbonyl (C=O) groups is 2. The normalized spacial score (nSPS) is 13.5. The van der Waals surface area contributed by atoms with Crippen LogP contribution >= 0.6 is 11.6 Å². The van der Waals surface area contributed by atoms with Crippen molar-refractivity contribution in [3.8, 4) is 11.5 Å². The van der Waals surface area contributed by atoms with Crippen molar-refractivity contribution in [2.24, 2.45) is 5.92 Å². The Hall–Kier alpha value is -2.97. The number of hydrogen-bond acceptors (Lipinski definition) is 7. The van der Waals surface area contributed by atoms with Crippen LogP contribution in [-0.2, 0) is 9.47 Å². The van der Waals surface area contributed by atoms with E-state index >= 15 is 0 Å². The van der Waals surface area contributed by atoms with Crippen LogP contribution in [0.25, 0.3) is 0 Å². The summed E-state index contributed by atoms with van der Waals surface area (Å²) in [5, 5.41) is 3.06. The smallest absolute Gasteiger partial charge is 0.340 e. The number of nitrogens with zero attached hydrogens (tertiary/aromatic N) is 1. The third-order valence-electron chi connectivity index (χ3n) is 5.47. The second-order valence-corrected chi connectivity index (χ2v) is 8.70. The Bertz CT molecular complexity index is 1020. The first kappa shape index (κ1) is 25.6. The van der Waals surface area contributed by atoms with Crippen molar-refractivity contribution < 1.29 is 28.5 Å². The molecule has 2 aromatic carbocycles. The molecule has 184 valence electrons. The third kappa shape index (κ3) is 6.33. The molecule has 0 aromatic heterocycles. The van der Waals surface area contributed by atoms with Gasteiger partial charge in [0.15, 0.2) is 11.5 Å². The number of benzene rings is 2. The molecule has 8 nitrogen and oxygen atoms in total. The highest BCUT2D eigenvalue weighted by atomic mass is 35.5. The highest BCUT2D eigenvalue weighted by Crippen LogP contribution is 2.37. The Morgan fingerprint density at radius 1 is 1.15 bits per heavy atom. The second kappa shape index (κ2) is 11.9. The molecule has 34 heavy (non-hydrogen) atoms. The third-order valence-corrected chi connectivity index (χ3v) is 5.75. The van der Waals surface area contributed by atoms with Gasteiger partial charge in [0.1, 0.15) is 0 Å². The van der Waals surface area contributed by atoms with Gasteiger partial charge in [-0.05, 0) is 42.7 Å². The van der Waals surface area contributed by atoms with E-state index in [1.165, 1.54) is 20.3 Å². The van der Waals surface area contributed by atoms with Crippen LogP contribution in [0.15, 0.2) is 30.3 Å². The molecule has 1 N–H and O–H groups in total. The van der Waals surface area contributed by atoms with Gasteiger partial charge in [-0.15, -0.1) is 0 Å². The molecule has 1 amide bonds. The Kier molecular flexibility index (Phi) is 9.01. The molecule has 0 radical (unpaired) electrons. The zero-order valence-electron chi connectivity index (χ0n) is 20.0. The molecule has 0 aliphatic carbocycles. The minimum atomic E-state index is -0.546. The molecule has 9 heteroatoms. The van der Waals surface area contributed by atoms with Crippen molar-refractivity contribution in [1.82, 2.24) is 0 Å². The molecule has 0 bridgehead atoms. The summed E-state index contributed by atoms with van der Waals surface area (Å²) in [6, 6.07) is 8.34. The fraction of sp³-hybridized carbons (Fsp3) is 0.440. The minimum Gasteiger partial charge on any atom is -0.493 e. The zero-order chi connectivity index (χ0) is 24.7. The highest BCUT2D eigenvalue weighted by molar-refractivity contribution is 6.32. The zero-order valence-corrected chi connectivity index (χ0v) is 20.7. The summed E-state index contributed by atoms with van der Waals surface area (Å²) >= 11 is 6.41. The Morgan fingerprint density at radius 2 is 1.88 bits per heavy atom. The number of carbonyl (C=O) groups excluding carboxylic acids is 2. The Labute approximate surface area is 205 Å². The highest BCUT2D eigenvalue weighted by Gasteiger charge is 2.21. The lowest BCUT2D eigenvalue weighted by molar-refractivity contribution is 0.0602. The van der Waals surface area contributed by atoms with E-state index in [0.29, 0.717) is 42.9 Å². The summed E-state index contributed by atoms with van der Waals surface area (Å²) in [5.41, 5.74) is 1.72. The molecule has 0 unspecified atom stereocenters. The van der Waals surface area contributed by atoms with E-state index in [0.717, 1.165) is 25.2 Å². The fourth-order valence-corrected chi connectivity index (χ4v) is 3.79. The van der Waals surface area contributed by atoms with Gasteiger partial charge in [0.05, 0.1) is 50.3 Å². The van der Waals surface area contributed by atoms with Gasteiger partial charge in [-0.25, -0.2) is 4.79 Å². The molecule has 0 atom stereocenters. The maximum Gasteiger partial charge on any atom is 0.340 e. The van der Waals surface area contributed by atoms with Crippen molar-refractivity contribution in [2.45, 2.75) is 20.3 Å². The van der Waals surface area contributed by atoms with Crippen LogP contribution in [0.5, 0.6) is 11.5 Å². The molecule has 1 fully saturated rings. The predicted octanol–water partition coefficient (Wildman–Crippen LogP) is 4.65. The van der Waals surface area contributed by atoms with Gasteiger partial charge in [0.2, 0.25) is 0 Å². The van der Waals surface area contributed by atoms with Gasteiger partial charge < -0.3 is 29.2 Å². The van der Waals surface area contributed by atoms with Gasteiger partial charge in [0.25, 0.3) is 5.91 Å². The summed E-state index contributed by atoms with van der Waals surface area (Å²) in [4.78, 5) is 27.6. The average Bonchev–Trinajstić information content (AvgIpc) is 2.84. The summed E-state index contributed by atoms with van der Waals surface area (Å²) in [5.74, 6) is 0.241. The molecular weight excluding hydrogens is 460 g/mol. The van der Waals surface area contributed by atoms with Gasteiger partial charge in [-0.1, -0.05) is 25.4 Å². The molecular formula is C25H31ClN2O6. The van der Waals surface area contributed by atoms with Gasteiger partial charge in [0, 0.05) is 24.3 Å². The lowest BCUT2D eigenvalue weighted by atomic mass is 10.1. The number of ether oxygens (including phenoxy) is 4. The number of rotatable bonds is 9. The van der Waals surface area contributed by atoms with Crippen molar-refractivity contribution in [1.29, 1.82) is 0 Å². The molecule has 1 heterocycles. The van der Waals surface area contributed by atoms with Gasteiger partial charge in [-0.3, -0.25) is 4.79 Å². The number of amides is 1. The fourth-order valence-electron chi connectivity index (χ4n) is 3.52. The van der Waals surface area contributed by atoms with Crippen LogP contribution in [0.1, 0.15) is 41.0 Å². The van der Waals surface area contributed by atoms with Crippen LogP contribution in [0.3, 0.4) is 0 Å². The summed E-state index contributed by atoms with van der Waals surface area (Å²) in [6.45, 7) is 7.36. The van der Waals surface area contributed by atoms with Crippen LogP contribution < -0.4 is 19.7 Å². The Balaban J connectivity index is 1.83. The quantitative estimate of drug-likeness (QED) is 0.512. The van der Waals surface area contributed by atoms with E-state index in [4.69, 9.17) is 30.5 Å². The van der Waals surface area contributed by atoms with E-state index in [-0.39, 0.29) is 16.1 Å². The number of morpholine rings is 1. The van der Waals surface area contributed by atoms with Crippen LogP contribution in [0, 0.1) is 5.92 Å². The van der Waals surface area contributed by atoms with Crippen LogP contribution in [0.4, 0.5) is 11.4 Å². The molecule has 0 saturated carbocycles. The summed E-state index contributed by atoms with van der Waals surface area (Å²) < 4.78 is 21.5. The minimum absolute atomic E-state index is 0.256. The van der Waals surface area contributed by atoms with Crippen molar-refractivity contribution in [3.05, 3.63) is 46.5 Å². The number of methoxy groups -OCH3 is 2. The van der Waals surface area contributed by atoms with E-state index in [9.17, 15) is 9.59 Å². The second-order valence-electron chi connectivity index (χ2n) is 8.30. The number of halogens is 1. The average molecular weight is 491 g/mol. The first-order valence-corrected chi connectivity index (χ1v) is 11.6. The predicted molar refractivity (Wildman–Crippen MR) is 132 cm³/mol. The summed E-state index contributed by atoms with van der Waals surface area (Å²) in [6.07, 6.45) is 0.860. The molecule has 3 rings (SSSR count). The first-order chi connectivity index (χ1) is 16.3. The topological polar surface area (TPSA) is 86.3 Å². The summed E-state index contributed by atoms with van der Waals surface area (Å²) in [7, 11) is 2.79. The number of nitrogens with one attached hydrogen (secondary N) is 1. The SMILES string of the molecule is COC(=O)c1cc(N2CCOCC2)ccc1NC(=O)c1cc(Cl)c(OCCC(C)C)c(OC)c1. The van der Waals surface area contributed by atoms with E-state index in [2.05, 4.69) is 24.1 Å². The van der Waals surface area contributed by atoms with E-state index in [1.807, 2.05) is 6.07 Å². The van der Waals surface area contributed by atoms with Crippen molar-refractivity contribution >= 4 is 34.9 Å². The molecule has 1 aliphatic rings. The maximum absolute atomic E-state index is 13.1. The van der Waals surface area contributed by atoms with Crippen LogP contribution in [-0.4, -0.2) is 59.0 Å². The number of esters is 1. The van der Waals surface area contributed by atoms with Gasteiger partial charge >= 0.3 is 5.97 Å². The first-order valence-electron chi connectivity index (χ1n) is 11.2. The standard InChI is InChI=1S/C25H31ClN2O6/c1-16(2)7-10-34-23-20(26)13-17(14-22(23)31-3)24(29)27-21-6-5-18(15-19(21)25(30)32-4)28-8-11-33-12-9-28/h5-6,13-16H,7-12H2,1-4H3,(H,27,29). The largest absolute Gasteiger partial charge is 0.493 e. The van der Waals surface area contributed by atoms with Gasteiger partial charge in [-0.2, -0.15) is 0 Å². The number of anilines is 2. The lowest BCUT2D eigenvalue weighted by Gasteiger charge is -2.29. The van der Waals surface area contributed by atoms with Crippen molar-refractivity contribution in [3.63, 3.8) is 0 Å². The lowest BCUT2D eigenvalue weighted by Crippen LogP contribution is -2.36. The van der Waals surface area contributed by atoms with E-state index < -0.39 is 11.9 Å². The maximum atomic E-state index is 13.1. The molecule has 1 aliphatic heterocycles. The van der Waals surface area contributed by atoms with Crippen LogP contribution in [0.2, 0.25) is 5.02 Å². The number of hydrogen-bond donors (Lipinski definition) is 1. The monoisotopic (exact) mass is 490 g/mol. The molecule has 0 spiro atoms. The Morgan fingerprint density at radius 3 is 2.53 bits per heavy atom. The molecule has 1 saturated heterocycles. The van der Waals surface area contributed by atoms with E-state index in [1.54, 1.807) is 18.2 Å². The molecule has 2 aromatic rings.